The predicted molar refractivity (Wildman–Crippen MR) is 76.5 cm³/mol. The number of amides is 1. The molecule has 0 radical (unpaired) electrons. The van der Waals surface area contributed by atoms with Gasteiger partial charge in [0.05, 0.1) is 15.6 Å². The summed E-state index contributed by atoms with van der Waals surface area (Å²) >= 11 is 11.7. The number of nitrogens with one attached hydrogen (secondary N) is 2. The molecule has 0 saturated carbocycles. The maximum Gasteiger partial charge on any atom is 0.259 e. The first-order valence-electron chi connectivity index (χ1n) is 5.30. The van der Waals surface area contributed by atoms with Gasteiger partial charge >= 0.3 is 0 Å². The number of anilines is 2. The highest BCUT2D eigenvalue weighted by Gasteiger charge is 2.12. The molecule has 0 aliphatic rings. The van der Waals surface area contributed by atoms with Crippen molar-refractivity contribution in [2.75, 3.05) is 10.7 Å². The van der Waals surface area contributed by atoms with Crippen LogP contribution >= 0.6 is 23.2 Å². The van der Waals surface area contributed by atoms with Crippen LogP contribution in [0.1, 0.15) is 10.4 Å². The van der Waals surface area contributed by atoms with Crippen LogP contribution in [0.3, 0.4) is 0 Å². The number of nitrogens with zero attached hydrogens (tertiary/aromatic N) is 1. The molecule has 0 bridgehead atoms. The lowest BCUT2D eigenvalue weighted by Crippen LogP contribution is -2.18. The monoisotopic (exact) mass is 296 g/mol. The van der Waals surface area contributed by atoms with Gasteiger partial charge in [0.1, 0.15) is 0 Å². The van der Waals surface area contributed by atoms with Crippen molar-refractivity contribution in [1.29, 1.82) is 0 Å². The van der Waals surface area contributed by atoms with Gasteiger partial charge in [-0.1, -0.05) is 23.2 Å². The number of carbonyl (C=O) groups excluding carboxylic acids is 1. The Kier molecular flexibility index (Phi) is 4.21. The molecule has 1 heterocycles. The fourth-order valence-corrected chi connectivity index (χ4v) is 1.77. The van der Waals surface area contributed by atoms with E-state index in [0.717, 1.165) is 0 Å². The summed E-state index contributed by atoms with van der Waals surface area (Å²) in [5.74, 6) is 5.24. The summed E-state index contributed by atoms with van der Waals surface area (Å²) in [6, 6.07) is 8.07. The third-order valence-electron chi connectivity index (χ3n) is 2.37. The molecule has 1 aromatic heterocycles. The molecule has 0 atom stereocenters. The molecule has 98 valence electrons. The Balaban J connectivity index is 2.23. The normalized spacial score (nSPS) is 10.1. The van der Waals surface area contributed by atoms with Crippen molar-refractivity contribution in [1.82, 2.24) is 4.98 Å². The number of nitrogens with two attached hydrogens (primary N) is 1. The molecule has 2 rings (SSSR count). The average molecular weight is 297 g/mol. The summed E-state index contributed by atoms with van der Waals surface area (Å²) in [7, 11) is 0. The number of nitrogen functional groups attached to an aromatic ring is 1. The van der Waals surface area contributed by atoms with Crippen molar-refractivity contribution in [3.05, 3.63) is 52.1 Å². The Bertz CT molecular complexity index is 618. The summed E-state index contributed by atoms with van der Waals surface area (Å²) < 4.78 is 0. The highest BCUT2D eigenvalue weighted by atomic mass is 35.5. The molecule has 0 fully saturated rings. The van der Waals surface area contributed by atoms with Crippen LogP contribution in [-0.2, 0) is 0 Å². The first kappa shape index (κ1) is 13.6. The van der Waals surface area contributed by atoms with E-state index in [9.17, 15) is 4.79 Å². The van der Waals surface area contributed by atoms with Crippen LogP contribution in [0.5, 0.6) is 0 Å². The lowest BCUT2D eigenvalue weighted by Gasteiger charge is -2.09. The lowest BCUT2D eigenvalue weighted by molar-refractivity contribution is 0.102. The van der Waals surface area contributed by atoms with Crippen LogP contribution in [0.2, 0.25) is 10.0 Å². The van der Waals surface area contributed by atoms with Crippen LogP contribution in [0.25, 0.3) is 0 Å². The number of hydrazine groups is 1. The summed E-state index contributed by atoms with van der Waals surface area (Å²) in [6.07, 6.45) is 1.53. The van der Waals surface area contributed by atoms with E-state index in [4.69, 9.17) is 29.0 Å². The first-order valence-corrected chi connectivity index (χ1v) is 6.05. The van der Waals surface area contributed by atoms with E-state index in [0.29, 0.717) is 27.1 Å². The van der Waals surface area contributed by atoms with E-state index in [-0.39, 0.29) is 5.91 Å². The lowest BCUT2D eigenvalue weighted by atomic mass is 10.2. The number of hydrogen-bond donors (Lipinski definition) is 3. The molecule has 0 saturated heterocycles. The van der Waals surface area contributed by atoms with Gasteiger partial charge in [-0.25, -0.2) is 10.8 Å². The summed E-state index contributed by atoms with van der Waals surface area (Å²) in [5, 5.41) is 3.47. The molecular formula is C12H10Cl2N4O. The second kappa shape index (κ2) is 5.88. The minimum Gasteiger partial charge on any atom is -0.322 e. The number of aromatic nitrogens is 1. The number of hydrogen-bond acceptors (Lipinski definition) is 4. The van der Waals surface area contributed by atoms with Gasteiger partial charge in [0.25, 0.3) is 5.91 Å². The van der Waals surface area contributed by atoms with Gasteiger partial charge in [-0.2, -0.15) is 0 Å². The maximum atomic E-state index is 12.1. The minimum atomic E-state index is -0.348. The van der Waals surface area contributed by atoms with Gasteiger partial charge in [-0.3, -0.25) is 4.79 Å². The maximum absolute atomic E-state index is 12.1. The van der Waals surface area contributed by atoms with E-state index < -0.39 is 0 Å². The van der Waals surface area contributed by atoms with E-state index in [1.165, 1.54) is 6.20 Å². The molecule has 5 nitrogen and oxygen atoms in total. The molecule has 0 unspecified atom stereocenters. The third kappa shape index (κ3) is 3.14. The van der Waals surface area contributed by atoms with E-state index in [1.54, 1.807) is 30.3 Å². The fraction of sp³-hybridized carbons (Fsp3) is 0. The number of carbonyl (C=O) groups is 1. The molecule has 1 aromatic carbocycles. The molecule has 19 heavy (non-hydrogen) atoms. The zero-order valence-corrected chi connectivity index (χ0v) is 11.2. The molecule has 0 spiro atoms. The van der Waals surface area contributed by atoms with Crippen LogP contribution < -0.4 is 16.6 Å². The van der Waals surface area contributed by atoms with Crippen molar-refractivity contribution in [2.45, 2.75) is 0 Å². The summed E-state index contributed by atoms with van der Waals surface area (Å²) in [5.41, 5.74) is 3.23. The van der Waals surface area contributed by atoms with E-state index in [2.05, 4.69) is 15.7 Å². The third-order valence-corrected chi connectivity index (χ3v) is 3.11. The van der Waals surface area contributed by atoms with Gasteiger partial charge in [0, 0.05) is 11.9 Å². The smallest absolute Gasteiger partial charge is 0.259 e. The SMILES string of the molecule is NNc1ncccc1C(=O)Nc1ccc(Cl)c(Cl)c1. The first-order chi connectivity index (χ1) is 9.11. The van der Waals surface area contributed by atoms with Gasteiger partial charge in [-0.05, 0) is 30.3 Å². The number of benzene rings is 1. The van der Waals surface area contributed by atoms with Crippen molar-refractivity contribution < 1.29 is 4.79 Å². The van der Waals surface area contributed by atoms with Gasteiger partial charge in [0.2, 0.25) is 0 Å². The average Bonchev–Trinajstić information content (AvgIpc) is 2.43. The minimum absolute atomic E-state index is 0.292. The van der Waals surface area contributed by atoms with Crippen LogP contribution in [-0.4, -0.2) is 10.9 Å². The molecule has 1 amide bonds. The Morgan fingerprint density at radius 1 is 1.21 bits per heavy atom. The van der Waals surface area contributed by atoms with Crippen molar-refractivity contribution in [2.24, 2.45) is 5.84 Å². The Morgan fingerprint density at radius 3 is 2.68 bits per heavy atom. The van der Waals surface area contributed by atoms with Crippen LogP contribution in [0.15, 0.2) is 36.5 Å². The van der Waals surface area contributed by atoms with Gasteiger partial charge in [-0.15, -0.1) is 0 Å². The van der Waals surface area contributed by atoms with Crippen molar-refractivity contribution in [3.63, 3.8) is 0 Å². The van der Waals surface area contributed by atoms with E-state index in [1.807, 2.05) is 0 Å². The highest BCUT2D eigenvalue weighted by molar-refractivity contribution is 6.42. The van der Waals surface area contributed by atoms with Crippen molar-refractivity contribution in [3.8, 4) is 0 Å². The number of rotatable bonds is 3. The Morgan fingerprint density at radius 2 is 2.00 bits per heavy atom. The van der Waals surface area contributed by atoms with Gasteiger partial charge in [0.15, 0.2) is 5.82 Å². The zero-order chi connectivity index (χ0) is 13.8. The van der Waals surface area contributed by atoms with Crippen LogP contribution in [0.4, 0.5) is 11.5 Å². The number of halogens is 2. The predicted octanol–water partition coefficient (Wildman–Crippen LogP) is 2.93. The second-order valence-electron chi connectivity index (χ2n) is 3.63. The quantitative estimate of drug-likeness (QED) is 0.601. The van der Waals surface area contributed by atoms with Gasteiger partial charge < -0.3 is 10.7 Å². The Hall–Kier alpha value is -1.82. The highest BCUT2D eigenvalue weighted by Crippen LogP contribution is 2.25. The van der Waals surface area contributed by atoms with Crippen molar-refractivity contribution >= 4 is 40.6 Å². The second-order valence-corrected chi connectivity index (χ2v) is 4.44. The largest absolute Gasteiger partial charge is 0.322 e. The standard InChI is InChI=1S/C12H10Cl2N4O/c13-9-4-3-7(6-10(9)14)17-12(19)8-2-1-5-16-11(8)18-15/h1-6H,15H2,(H,16,18)(H,17,19). The summed E-state index contributed by atoms with van der Waals surface area (Å²) in [6.45, 7) is 0. The van der Waals surface area contributed by atoms with E-state index >= 15 is 0 Å². The number of pyridine rings is 1. The van der Waals surface area contributed by atoms with Crippen LogP contribution in [0, 0.1) is 0 Å². The molecule has 7 heteroatoms. The molecule has 0 aliphatic carbocycles. The molecule has 4 N–H and O–H groups in total. The topological polar surface area (TPSA) is 80.0 Å². The molecule has 0 aliphatic heterocycles. The zero-order valence-electron chi connectivity index (χ0n) is 9.65. The fourth-order valence-electron chi connectivity index (χ4n) is 1.48. The molecular weight excluding hydrogens is 287 g/mol. The molecule has 2 aromatic rings. The summed E-state index contributed by atoms with van der Waals surface area (Å²) in [4.78, 5) is 16.0. The Labute approximate surface area is 119 Å².